The van der Waals surface area contributed by atoms with Crippen LogP contribution in [0.4, 0.5) is 13.2 Å². The van der Waals surface area contributed by atoms with Gasteiger partial charge in [0.05, 0.1) is 17.4 Å². The highest BCUT2D eigenvalue weighted by Crippen LogP contribution is 2.53. The van der Waals surface area contributed by atoms with Gasteiger partial charge in [0.25, 0.3) is 5.92 Å². The van der Waals surface area contributed by atoms with Crippen molar-refractivity contribution in [3.05, 3.63) is 61.2 Å². The number of halogens is 3. The van der Waals surface area contributed by atoms with E-state index in [9.17, 15) is 13.2 Å². The van der Waals surface area contributed by atoms with Crippen LogP contribution in [0.3, 0.4) is 0 Å². The largest absolute Gasteiger partial charge is 0.436 e. The molecule has 4 heterocycles. The lowest BCUT2D eigenvalue weighted by atomic mass is 10.0. The van der Waals surface area contributed by atoms with Gasteiger partial charge in [0.2, 0.25) is 5.71 Å². The Kier molecular flexibility index (Phi) is 3.83. The molecule has 7 nitrogen and oxygen atoms in total. The van der Waals surface area contributed by atoms with Gasteiger partial charge in [-0.2, -0.15) is 5.10 Å². The predicted octanol–water partition coefficient (Wildman–Crippen LogP) is 4.87. The summed E-state index contributed by atoms with van der Waals surface area (Å²) in [5, 5.41) is 5.02. The van der Waals surface area contributed by atoms with Crippen LogP contribution < -0.4 is 0 Å². The number of alkyl halides is 2. The van der Waals surface area contributed by atoms with Crippen LogP contribution in [-0.4, -0.2) is 35.2 Å². The molecular formula is C22H15F3N6O. The first-order chi connectivity index (χ1) is 15.4. The molecule has 1 unspecified atom stereocenters. The van der Waals surface area contributed by atoms with E-state index in [1.807, 2.05) is 13.2 Å². The Morgan fingerprint density at radius 3 is 2.53 bits per heavy atom. The molecule has 1 aromatic carbocycles. The van der Waals surface area contributed by atoms with Gasteiger partial charge < -0.3 is 8.98 Å². The summed E-state index contributed by atoms with van der Waals surface area (Å²) in [6, 6.07) is 6.48. The average molecular weight is 436 g/mol. The van der Waals surface area contributed by atoms with Crippen LogP contribution in [-0.2, 0) is 7.05 Å². The van der Waals surface area contributed by atoms with Gasteiger partial charge in [-0.3, -0.25) is 4.68 Å². The molecule has 0 N–H and O–H groups in total. The van der Waals surface area contributed by atoms with Gasteiger partial charge in [0, 0.05) is 37.0 Å². The van der Waals surface area contributed by atoms with Gasteiger partial charge in [-0.25, -0.2) is 28.1 Å². The highest BCUT2D eigenvalue weighted by atomic mass is 19.3. The fraction of sp³-hybridized carbons (Fsp3) is 0.182. The highest BCUT2D eigenvalue weighted by Gasteiger charge is 2.59. The smallest absolute Gasteiger partial charge is 0.272 e. The third kappa shape index (κ3) is 2.98. The molecule has 32 heavy (non-hydrogen) atoms. The number of imidazole rings is 1. The third-order valence-corrected chi connectivity index (χ3v) is 5.50. The summed E-state index contributed by atoms with van der Waals surface area (Å²) in [5.41, 5.74) is 2.99. The van der Waals surface area contributed by atoms with E-state index in [-0.39, 0.29) is 6.42 Å². The lowest BCUT2D eigenvalue weighted by molar-refractivity contribution is 0.0984. The maximum atomic E-state index is 13.8. The molecule has 160 valence electrons. The van der Waals surface area contributed by atoms with Gasteiger partial charge in [0.15, 0.2) is 5.76 Å². The SMILES string of the molecule is Cn1cnc(-c2cc3c(-c4cn(C5CC5(F)F)nc4-c4ccc(F)cc4)ncnc3o2)c1. The zero-order chi connectivity index (χ0) is 22.0. The van der Waals surface area contributed by atoms with Crippen molar-refractivity contribution in [2.75, 3.05) is 0 Å². The molecule has 1 saturated carbocycles. The van der Waals surface area contributed by atoms with Crippen LogP contribution in [0.15, 0.2) is 59.8 Å². The van der Waals surface area contributed by atoms with E-state index in [2.05, 4.69) is 20.1 Å². The molecular weight excluding hydrogens is 421 g/mol. The summed E-state index contributed by atoms with van der Waals surface area (Å²) < 4.78 is 49.9. The summed E-state index contributed by atoms with van der Waals surface area (Å²) in [7, 11) is 1.85. The van der Waals surface area contributed by atoms with E-state index in [4.69, 9.17) is 4.42 Å². The van der Waals surface area contributed by atoms with Crippen molar-refractivity contribution in [2.24, 2.45) is 7.05 Å². The Hall–Kier alpha value is -3.95. The van der Waals surface area contributed by atoms with E-state index in [0.29, 0.717) is 45.1 Å². The van der Waals surface area contributed by atoms with Crippen molar-refractivity contribution in [3.63, 3.8) is 0 Å². The van der Waals surface area contributed by atoms with E-state index in [0.717, 1.165) is 0 Å². The number of furan rings is 1. The molecule has 0 saturated heterocycles. The molecule has 0 radical (unpaired) electrons. The molecule has 1 fully saturated rings. The summed E-state index contributed by atoms with van der Waals surface area (Å²) in [6.45, 7) is 0. The molecule has 1 aliphatic carbocycles. The molecule has 10 heteroatoms. The van der Waals surface area contributed by atoms with E-state index < -0.39 is 17.8 Å². The van der Waals surface area contributed by atoms with Gasteiger partial charge in [-0.15, -0.1) is 0 Å². The van der Waals surface area contributed by atoms with Crippen molar-refractivity contribution in [1.82, 2.24) is 29.3 Å². The monoisotopic (exact) mass is 436 g/mol. The molecule has 1 atom stereocenters. The Morgan fingerprint density at radius 1 is 1.06 bits per heavy atom. The van der Waals surface area contributed by atoms with Crippen molar-refractivity contribution in [2.45, 2.75) is 18.4 Å². The third-order valence-electron chi connectivity index (χ3n) is 5.50. The van der Waals surface area contributed by atoms with Gasteiger partial charge in [0.1, 0.15) is 29.6 Å². The number of rotatable bonds is 4. The second kappa shape index (κ2) is 6.52. The molecule has 0 spiro atoms. The first-order valence-electron chi connectivity index (χ1n) is 9.85. The highest BCUT2D eigenvalue weighted by molar-refractivity contribution is 5.95. The molecule has 0 aliphatic heterocycles. The molecule has 4 aromatic heterocycles. The van der Waals surface area contributed by atoms with Crippen molar-refractivity contribution >= 4 is 11.1 Å². The topological polar surface area (TPSA) is 74.6 Å². The van der Waals surface area contributed by atoms with Crippen LogP contribution in [0, 0.1) is 5.82 Å². The molecule has 1 aliphatic rings. The number of aryl methyl sites for hydroxylation is 1. The van der Waals surface area contributed by atoms with Crippen LogP contribution in [0.1, 0.15) is 12.5 Å². The molecule has 5 aromatic rings. The van der Waals surface area contributed by atoms with Crippen molar-refractivity contribution in [1.29, 1.82) is 0 Å². The quantitative estimate of drug-likeness (QED) is 0.402. The zero-order valence-electron chi connectivity index (χ0n) is 16.7. The fourth-order valence-corrected chi connectivity index (χ4v) is 3.77. The number of hydrogen-bond donors (Lipinski definition) is 0. The van der Waals surface area contributed by atoms with E-state index in [1.165, 1.54) is 23.1 Å². The van der Waals surface area contributed by atoms with Crippen molar-refractivity contribution in [3.8, 4) is 34.0 Å². The molecule has 0 bridgehead atoms. The van der Waals surface area contributed by atoms with Gasteiger partial charge >= 0.3 is 0 Å². The maximum absolute atomic E-state index is 13.8. The van der Waals surface area contributed by atoms with Crippen LogP contribution in [0.5, 0.6) is 0 Å². The normalized spacial score (nSPS) is 17.2. The van der Waals surface area contributed by atoms with Crippen LogP contribution >= 0.6 is 0 Å². The number of benzene rings is 1. The second-order valence-electron chi connectivity index (χ2n) is 7.84. The summed E-state index contributed by atoms with van der Waals surface area (Å²) in [5.74, 6) is -2.69. The Labute approximate surface area is 179 Å². The number of nitrogens with zero attached hydrogens (tertiary/aromatic N) is 6. The van der Waals surface area contributed by atoms with E-state index in [1.54, 1.807) is 35.3 Å². The first kappa shape index (κ1) is 18.8. The second-order valence-corrected chi connectivity index (χ2v) is 7.84. The Morgan fingerprint density at radius 2 is 1.84 bits per heavy atom. The minimum Gasteiger partial charge on any atom is -0.436 e. The number of fused-ring (bicyclic) bond motifs is 1. The fourth-order valence-electron chi connectivity index (χ4n) is 3.77. The summed E-state index contributed by atoms with van der Waals surface area (Å²) in [4.78, 5) is 12.9. The first-order valence-corrected chi connectivity index (χ1v) is 9.85. The Balaban J connectivity index is 1.54. The number of aromatic nitrogens is 6. The van der Waals surface area contributed by atoms with Crippen molar-refractivity contribution < 1.29 is 17.6 Å². The van der Waals surface area contributed by atoms with Crippen LogP contribution in [0.2, 0.25) is 0 Å². The van der Waals surface area contributed by atoms with E-state index >= 15 is 0 Å². The summed E-state index contributed by atoms with van der Waals surface area (Å²) >= 11 is 0. The zero-order valence-corrected chi connectivity index (χ0v) is 16.7. The predicted molar refractivity (Wildman–Crippen MR) is 109 cm³/mol. The standard InChI is InChI=1S/C22H15F3N6O/c1-30-9-16(28-11-30)17-6-14-20(26-10-27-21(14)32-17)15-8-31(18-7-22(18,24)25)29-19(15)12-2-4-13(23)5-3-12/h2-6,8-11,18H,7H2,1H3. The maximum Gasteiger partial charge on any atom is 0.272 e. The van der Waals surface area contributed by atoms with Crippen LogP contribution in [0.25, 0.3) is 45.1 Å². The van der Waals surface area contributed by atoms with Gasteiger partial charge in [-0.1, -0.05) is 0 Å². The number of hydrogen-bond acceptors (Lipinski definition) is 5. The lowest BCUT2D eigenvalue weighted by Crippen LogP contribution is -2.02. The molecule has 6 rings (SSSR count). The minimum atomic E-state index is -2.80. The summed E-state index contributed by atoms with van der Waals surface area (Å²) in [6.07, 6.45) is 6.09. The Bertz CT molecular complexity index is 1470. The lowest BCUT2D eigenvalue weighted by Gasteiger charge is -2.03. The van der Waals surface area contributed by atoms with Gasteiger partial charge in [-0.05, 0) is 30.3 Å². The average Bonchev–Trinajstić information content (AvgIpc) is 3.23. The minimum absolute atomic E-state index is 0.272. The molecule has 0 amide bonds.